The van der Waals surface area contributed by atoms with Crippen LogP contribution in [0.2, 0.25) is 0 Å². The molecule has 0 saturated carbocycles. The van der Waals surface area contributed by atoms with Crippen LogP contribution in [0.3, 0.4) is 0 Å². The third kappa shape index (κ3) is 3.67. The number of carbonyl (C=O) groups is 2. The van der Waals surface area contributed by atoms with Crippen LogP contribution in [0.25, 0.3) is 6.08 Å². The van der Waals surface area contributed by atoms with Crippen molar-refractivity contribution in [3.63, 3.8) is 0 Å². The third-order valence-corrected chi connectivity index (χ3v) is 4.92. The van der Waals surface area contributed by atoms with E-state index in [0.29, 0.717) is 19.5 Å². The van der Waals surface area contributed by atoms with Gasteiger partial charge in [0.1, 0.15) is 0 Å². The number of nitrogens with zero attached hydrogens (tertiary/aromatic N) is 2. The van der Waals surface area contributed by atoms with E-state index in [1.807, 2.05) is 24.3 Å². The summed E-state index contributed by atoms with van der Waals surface area (Å²) in [5, 5.41) is 9.61. The van der Waals surface area contributed by atoms with Crippen molar-refractivity contribution < 1.29 is 14.7 Å². The van der Waals surface area contributed by atoms with Crippen LogP contribution in [-0.4, -0.2) is 47.6 Å². The minimum Gasteiger partial charge on any atom is -0.393 e. The fourth-order valence-electron chi connectivity index (χ4n) is 3.34. The zero-order chi connectivity index (χ0) is 17.1. The summed E-state index contributed by atoms with van der Waals surface area (Å²) in [4.78, 5) is 27.5. The van der Waals surface area contributed by atoms with Gasteiger partial charge in [0.2, 0.25) is 11.8 Å². The van der Waals surface area contributed by atoms with E-state index in [9.17, 15) is 14.7 Å². The molecule has 2 heterocycles. The number of hydrogen-bond donors (Lipinski definition) is 1. The van der Waals surface area contributed by atoms with Gasteiger partial charge in [-0.2, -0.15) is 0 Å². The lowest BCUT2D eigenvalue weighted by atomic mass is 10.0. The van der Waals surface area contributed by atoms with Crippen molar-refractivity contribution in [2.45, 2.75) is 32.3 Å². The number of benzene rings is 1. The molecular weight excluding hydrogens is 304 g/mol. The van der Waals surface area contributed by atoms with E-state index in [0.717, 1.165) is 30.6 Å². The van der Waals surface area contributed by atoms with Crippen molar-refractivity contribution in [1.82, 2.24) is 4.90 Å². The molecule has 5 nitrogen and oxygen atoms in total. The molecule has 2 fully saturated rings. The van der Waals surface area contributed by atoms with Gasteiger partial charge in [-0.3, -0.25) is 9.59 Å². The van der Waals surface area contributed by atoms with E-state index in [-0.39, 0.29) is 23.8 Å². The van der Waals surface area contributed by atoms with Gasteiger partial charge >= 0.3 is 0 Å². The van der Waals surface area contributed by atoms with E-state index in [1.54, 1.807) is 28.9 Å². The number of aliphatic hydroxyl groups is 1. The molecule has 0 aromatic heterocycles. The SMILES string of the molecule is CC(O)C1CCN(C(=O)/C=C/c2ccc(N3CCCC3=O)cc2)C1. The van der Waals surface area contributed by atoms with Crippen LogP contribution in [0.1, 0.15) is 31.7 Å². The minimum atomic E-state index is -0.368. The molecular formula is C19H24N2O3. The van der Waals surface area contributed by atoms with Gasteiger partial charge in [-0.15, -0.1) is 0 Å². The number of rotatable bonds is 4. The summed E-state index contributed by atoms with van der Waals surface area (Å²) in [6.07, 6.45) is 5.41. The standard InChI is InChI=1S/C19H24N2O3/c1-14(22)16-10-12-20(13-16)18(23)9-6-15-4-7-17(8-5-15)21-11-2-3-19(21)24/h4-9,14,16,22H,2-3,10-13H2,1H3/b9-6+. The number of anilines is 1. The van der Waals surface area contributed by atoms with Gasteiger partial charge in [-0.1, -0.05) is 12.1 Å². The maximum atomic E-state index is 12.2. The monoisotopic (exact) mass is 328 g/mol. The first-order valence-electron chi connectivity index (χ1n) is 8.60. The molecule has 2 amide bonds. The Morgan fingerprint density at radius 2 is 2.04 bits per heavy atom. The predicted octanol–water partition coefficient (Wildman–Crippen LogP) is 2.06. The summed E-state index contributed by atoms with van der Waals surface area (Å²) in [6.45, 7) is 3.89. The summed E-state index contributed by atoms with van der Waals surface area (Å²) in [5.74, 6) is 0.340. The lowest BCUT2D eigenvalue weighted by Gasteiger charge is -2.16. The second kappa shape index (κ2) is 7.18. The lowest BCUT2D eigenvalue weighted by Crippen LogP contribution is -2.28. The zero-order valence-electron chi connectivity index (χ0n) is 14.0. The Labute approximate surface area is 142 Å². The quantitative estimate of drug-likeness (QED) is 0.861. The zero-order valence-corrected chi connectivity index (χ0v) is 14.0. The molecule has 2 unspecified atom stereocenters. The van der Waals surface area contributed by atoms with Gasteiger partial charge in [0, 0.05) is 43.7 Å². The summed E-state index contributed by atoms with van der Waals surface area (Å²) in [7, 11) is 0. The molecule has 0 aliphatic carbocycles. The number of carbonyl (C=O) groups excluding carboxylic acids is 2. The van der Waals surface area contributed by atoms with Gasteiger partial charge < -0.3 is 14.9 Å². The largest absolute Gasteiger partial charge is 0.393 e. The van der Waals surface area contributed by atoms with Crippen molar-refractivity contribution in [1.29, 1.82) is 0 Å². The minimum absolute atomic E-state index is 0.0167. The number of aliphatic hydroxyl groups excluding tert-OH is 1. The molecule has 0 bridgehead atoms. The Balaban J connectivity index is 1.58. The summed E-state index contributed by atoms with van der Waals surface area (Å²) >= 11 is 0. The topological polar surface area (TPSA) is 60.9 Å². The van der Waals surface area contributed by atoms with Crippen molar-refractivity contribution in [3.8, 4) is 0 Å². The van der Waals surface area contributed by atoms with Crippen LogP contribution in [0.4, 0.5) is 5.69 Å². The van der Waals surface area contributed by atoms with Crippen LogP contribution in [0, 0.1) is 5.92 Å². The molecule has 5 heteroatoms. The normalized spacial score (nSPS) is 22.6. The van der Waals surface area contributed by atoms with Crippen LogP contribution < -0.4 is 4.90 Å². The van der Waals surface area contributed by atoms with Crippen LogP contribution in [-0.2, 0) is 9.59 Å². The highest BCUT2D eigenvalue weighted by Crippen LogP contribution is 2.22. The molecule has 2 aliphatic heterocycles. The number of amides is 2. The van der Waals surface area contributed by atoms with Crippen molar-refractivity contribution in [2.75, 3.05) is 24.5 Å². The molecule has 0 spiro atoms. The Bertz CT molecular complexity index is 637. The van der Waals surface area contributed by atoms with E-state index in [4.69, 9.17) is 0 Å². The van der Waals surface area contributed by atoms with Crippen LogP contribution in [0.5, 0.6) is 0 Å². The number of hydrogen-bond acceptors (Lipinski definition) is 3. The second-order valence-corrected chi connectivity index (χ2v) is 6.65. The Hall–Kier alpha value is -2.14. The van der Waals surface area contributed by atoms with Crippen molar-refractivity contribution in [2.24, 2.45) is 5.92 Å². The van der Waals surface area contributed by atoms with E-state index in [2.05, 4.69) is 0 Å². The first kappa shape index (κ1) is 16.7. The van der Waals surface area contributed by atoms with Gasteiger partial charge in [0.15, 0.2) is 0 Å². The van der Waals surface area contributed by atoms with Crippen molar-refractivity contribution in [3.05, 3.63) is 35.9 Å². The lowest BCUT2D eigenvalue weighted by molar-refractivity contribution is -0.125. The smallest absolute Gasteiger partial charge is 0.246 e. The summed E-state index contributed by atoms with van der Waals surface area (Å²) in [6, 6.07) is 7.69. The third-order valence-electron chi connectivity index (χ3n) is 4.92. The highest BCUT2D eigenvalue weighted by molar-refractivity contribution is 5.95. The molecule has 2 saturated heterocycles. The Morgan fingerprint density at radius 1 is 1.29 bits per heavy atom. The summed E-state index contributed by atoms with van der Waals surface area (Å²) in [5.41, 5.74) is 1.85. The highest BCUT2D eigenvalue weighted by atomic mass is 16.3. The maximum Gasteiger partial charge on any atom is 0.246 e. The van der Waals surface area contributed by atoms with Gasteiger partial charge in [0.25, 0.3) is 0 Å². The van der Waals surface area contributed by atoms with E-state index in [1.165, 1.54) is 0 Å². The molecule has 128 valence electrons. The van der Waals surface area contributed by atoms with Crippen LogP contribution in [0.15, 0.2) is 30.3 Å². The average Bonchev–Trinajstić information content (AvgIpc) is 3.22. The Kier molecular flexibility index (Phi) is 5.00. The fourth-order valence-corrected chi connectivity index (χ4v) is 3.34. The average molecular weight is 328 g/mol. The van der Waals surface area contributed by atoms with Crippen LogP contribution >= 0.6 is 0 Å². The molecule has 2 atom stereocenters. The number of likely N-dealkylation sites (tertiary alicyclic amines) is 1. The summed E-state index contributed by atoms with van der Waals surface area (Å²) < 4.78 is 0. The molecule has 24 heavy (non-hydrogen) atoms. The van der Waals surface area contributed by atoms with E-state index >= 15 is 0 Å². The Morgan fingerprint density at radius 3 is 2.62 bits per heavy atom. The highest BCUT2D eigenvalue weighted by Gasteiger charge is 2.27. The molecule has 3 rings (SSSR count). The van der Waals surface area contributed by atoms with E-state index < -0.39 is 0 Å². The van der Waals surface area contributed by atoms with Gasteiger partial charge in [-0.05, 0) is 43.5 Å². The van der Waals surface area contributed by atoms with Crippen molar-refractivity contribution >= 4 is 23.6 Å². The second-order valence-electron chi connectivity index (χ2n) is 6.65. The molecule has 0 radical (unpaired) electrons. The molecule has 1 aromatic rings. The van der Waals surface area contributed by atoms with Gasteiger partial charge in [0.05, 0.1) is 6.10 Å². The first-order chi connectivity index (χ1) is 11.5. The first-order valence-corrected chi connectivity index (χ1v) is 8.60. The molecule has 2 aliphatic rings. The molecule has 1 N–H and O–H groups in total. The fraction of sp³-hybridized carbons (Fsp3) is 0.474. The van der Waals surface area contributed by atoms with Gasteiger partial charge in [-0.25, -0.2) is 0 Å². The maximum absolute atomic E-state index is 12.2. The molecule has 1 aromatic carbocycles. The predicted molar refractivity (Wildman–Crippen MR) is 93.4 cm³/mol.